The molecule has 0 saturated carbocycles. The SMILES string of the molecule is COCCNc1ccc2c(S(=O)(=O)O)cc(S(=O)(=O)O)cc2c1C(C)(C/C=C/C=C1/N(CCOCCOCCOCCOCCOCCOCCC(=O)ON(C)C(=O)CCC=O)c2ccc3c(S(=O)(=O)O)cc(S(=O)(=O)O)cc3c2C1(C)C)CCOCCOCCOCCOC. The van der Waals surface area contributed by atoms with E-state index in [1.165, 1.54) is 26.3 Å². The first kappa shape index (κ1) is 81.0. The number of rotatable bonds is 48. The number of methoxy groups -OCH3 is 2. The first-order chi connectivity index (χ1) is 45.5. The lowest BCUT2D eigenvalue weighted by atomic mass is 9.74. The quantitative estimate of drug-likeness (QED) is 0.0160. The van der Waals surface area contributed by atoms with Gasteiger partial charge in [-0.15, -0.1) is 0 Å². The van der Waals surface area contributed by atoms with Gasteiger partial charge in [-0.2, -0.15) is 38.7 Å². The first-order valence-electron chi connectivity index (χ1n) is 30.6. The predicted molar refractivity (Wildman–Crippen MR) is 350 cm³/mol. The first-order valence-corrected chi connectivity index (χ1v) is 36.4. The zero-order valence-corrected chi connectivity index (χ0v) is 58.0. The van der Waals surface area contributed by atoms with Gasteiger partial charge < -0.3 is 72.0 Å². The third-order valence-corrected chi connectivity index (χ3v) is 18.6. The molecule has 1 heterocycles. The zero-order valence-electron chi connectivity index (χ0n) is 54.7. The Bertz CT molecular complexity index is 3740. The second-order valence-corrected chi connectivity index (χ2v) is 28.0. The van der Waals surface area contributed by atoms with Crippen LogP contribution in [0.4, 0.5) is 11.4 Å². The maximum atomic E-state index is 13.0. The Balaban J connectivity index is 1.31. The fourth-order valence-electron chi connectivity index (χ4n) is 10.5. The van der Waals surface area contributed by atoms with E-state index in [2.05, 4.69) is 5.32 Å². The van der Waals surface area contributed by atoms with Gasteiger partial charge in [0.25, 0.3) is 46.4 Å². The summed E-state index contributed by atoms with van der Waals surface area (Å²) < 4.78 is 205. The Morgan fingerprint density at radius 1 is 0.573 bits per heavy atom. The third kappa shape index (κ3) is 24.9. The largest absolute Gasteiger partial charge is 0.383 e. The number of aldehydes is 1. The fourth-order valence-corrected chi connectivity index (χ4v) is 13.1. The van der Waals surface area contributed by atoms with Gasteiger partial charge in [0.2, 0.25) is 0 Å². The summed E-state index contributed by atoms with van der Waals surface area (Å²) in [7, 11) is -15.9. The lowest BCUT2D eigenvalue weighted by Gasteiger charge is -2.33. The van der Waals surface area contributed by atoms with Crippen molar-refractivity contribution in [3.63, 3.8) is 0 Å². The number of ether oxygens (including phenoxy) is 11. The molecular formula is C62H89N3O27S4. The van der Waals surface area contributed by atoms with Crippen molar-refractivity contribution in [2.75, 3.05) is 177 Å². The highest BCUT2D eigenvalue weighted by Gasteiger charge is 2.42. The van der Waals surface area contributed by atoms with Crippen LogP contribution in [0.15, 0.2) is 92.0 Å². The molecule has 0 spiro atoms. The van der Waals surface area contributed by atoms with Gasteiger partial charge in [-0.3, -0.25) is 23.0 Å². The van der Waals surface area contributed by atoms with E-state index in [1.54, 1.807) is 31.4 Å². The number of nitrogens with zero attached hydrogens (tertiary/aromatic N) is 2. The van der Waals surface area contributed by atoms with E-state index in [9.17, 15) is 66.3 Å². The Labute approximate surface area is 560 Å². The smallest absolute Gasteiger partial charge is 0.334 e. The van der Waals surface area contributed by atoms with Crippen LogP contribution in [0.1, 0.15) is 64.0 Å². The van der Waals surface area contributed by atoms with E-state index in [0.717, 1.165) is 17.2 Å². The number of carbonyl (C=O) groups excluding carboxylic acids is 3. The van der Waals surface area contributed by atoms with Gasteiger partial charge in [0, 0.05) is 92.5 Å². The number of hydrogen-bond acceptors (Lipinski definition) is 25. The molecule has 96 heavy (non-hydrogen) atoms. The van der Waals surface area contributed by atoms with Gasteiger partial charge in [0.15, 0.2) is 0 Å². The molecule has 30 nitrogen and oxygen atoms in total. The number of nitrogens with one attached hydrogen (secondary N) is 1. The van der Waals surface area contributed by atoms with E-state index in [1.807, 2.05) is 31.7 Å². The molecule has 34 heteroatoms. The molecule has 0 saturated heterocycles. The van der Waals surface area contributed by atoms with E-state index in [-0.39, 0.29) is 153 Å². The van der Waals surface area contributed by atoms with Gasteiger partial charge in [-0.1, -0.05) is 45.1 Å². The van der Waals surface area contributed by atoms with Crippen LogP contribution in [0.2, 0.25) is 0 Å². The van der Waals surface area contributed by atoms with Crippen LogP contribution in [0, 0.1) is 0 Å². The van der Waals surface area contributed by atoms with Gasteiger partial charge >= 0.3 is 5.97 Å². The van der Waals surface area contributed by atoms with Crippen molar-refractivity contribution >= 4 is 91.6 Å². The maximum absolute atomic E-state index is 13.0. The molecule has 1 aliphatic rings. The highest BCUT2D eigenvalue weighted by molar-refractivity contribution is 7.87. The molecule has 4 aromatic carbocycles. The van der Waals surface area contributed by atoms with Crippen molar-refractivity contribution in [2.45, 2.75) is 83.3 Å². The molecule has 0 radical (unpaired) electrons. The zero-order chi connectivity index (χ0) is 70.6. The van der Waals surface area contributed by atoms with Crippen LogP contribution < -0.4 is 10.2 Å². The van der Waals surface area contributed by atoms with Crippen molar-refractivity contribution in [2.24, 2.45) is 0 Å². The number of hydrogen-bond donors (Lipinski definition) is 5. The average molecular weight is 1440 g/mol. The van der Waals surface area contributed by atoms with E-state index >= 15 is 0 Å². The van der Waals surface area contributed by atoms with Gasteiger partial charge in [-0.25, -0.2) is 4.79 Å². The number of amides is 1. The number of fused-ring (bicyclic) bond motifs is 4. The standard InChI is InChI=1S/C62H89N3O27S4/c1-61(2)56(10-7-8-17-62(3,18-23-84-29-32-88-35-34-86-27-26-82-6)59-50-42-46(93(69,70)71)44-54(95(75,76)77)48(50)12-14-52(59)63-19-24-81-5)65(53-15-13-49-51(60(53)61)43-47(94(72,73)74)45-55(49)96(78,79)80)20-25-85-30-33-89-37-39-91-41-40-90-38-36-87-31-28-83-22-16-58(68)92-64(4)57(67)11-9-21-66/h7-8,10,12-15,21,42-45,63H,9,11,16-20,22-41H2,1-6H3,(H,69,70,71)(H,72,73,74)(H,75,76,77)(H,78,79,80)/b8-7+,56-10+. The van der Waals surface area contributed by atoms with E-state index in [4.69, 9.17) is 56.9 Å². The molecule has 1 aliphatic heterocycles. The van der Waals surface area contributed by atoms with E-state index in [0.29, 0.717) is 92.9 Å². The molecule has 0 bridgehead atoms. The van der Waals surface area contributed by atoms with Crippen molar-refractivity contribution in [3.05, 3.63) is 83.6 Å². The fraction of sp³-hybridized carbons (Fsp3) is 0.565. The maximum Gasteiger partial charge on any atom is 0.334 e. The summed E-state index contributed by atoms with van der Waals surface area (Å²) in [6.45, 7) is 10.7. The Morgan fingerprint density at radius 3 is 1.52 bits per heavy atom. The second kappa shape index (κ2) is 39.2. The Hall–Kier alpha value is -5.71. The van der Waals surface area contributed by atoms with Crippen LogP contribution in [0.3, 0.4) is 0 Å². The Morgan fingerprint density at radius 2 is 1.03 bits per heavy atom. The number of hydroxylamine groups is 2. The van der Waals surface area contributed by atoms with Gasteiger partial charge in [0.1, 0.15) is 16.1 Å². The summed E-state index contributed by atoms with van der Waals surface area (Å²) in [6, 6.07) is 9.70. The second-order valence-electron chi connectivity index (χ2n) is 22.4. The molecule has 1 unspecified atom stereocenters. The van der Waals surface area contributed by atoms with Crippen LogP contribution in [0.25, 0.3) is 21.5 Å². The normalized spacial score (nSPS) is 14.6. The van der Waals surface area contributed by atoms with Gasteiger partial charge in [0.05, 0.1) is 142 Å². The molecule has 0 aliphatic carbocycles. The predicted octanol–water partition coefficient (Wildman–Crippen LogP) is 5.40. The minimum absolute atomic E-state index is 0.0226. The minimum Gasteiger partial charge on any atom is -0.383 e. The van der Waals surface area contributed by atoms with Crippen molar-refractivity contribution in [3.8, 4) is 0 Å². The summed E-state index contributed by atoms with van der Waals surface area (Å²) >= 11 is 0. The average Bonchev–Trinajstić information content (AvgIpc) is 1.33. The lowest BCUT2D eigenvalue weighted by Crippen LogP contribution is -2.30. The molecule has 1 amide bonds. The topological polar surface area (TPSA) is 398 Å². The van der Waals surface area contributed by atoms with Crippen LogP contribution >= 0.6 is 0 Å². The Kier molecular flexibility index (Phi) is 33.0. The van der Waals surface area contributed by atoms with Crippen molar-refractivity contribution in [1.29, 1.82) is 0 Å². The minimum atomic E-state index is -5.10. The monoisotopic (exact) mass is 1440 g/mol. The highest BCUT2D eigenvalue weighted by atomic mass is 32.2. The molecular weight excluding hydrogens is 1350 g/mol. The summed E-state index contributed by atoms with van der Waals surface area (Å²) in [4.78, 5) is 37.8. The molecule has 0 aromatic heterocycles. The molecule has 538 valence electrons. The molecule has 4 aromatic rings. The van der Waals surface area contributed by atoms with Crippen molar-refractivity contribution in [1.82, 2.24) is 5.06 Å². The number of anilines is 2. The van der Waals surface area contributed by atoms with Crippen LogP contribution in [0.5, 0.6) is 0 Å². The lowest BCUT2D eigenvalue weighted by molar-refractivity contribution is -0.193. The number of carbonyl (C=O) groups is 3. The third-order valence-electron chi connectivity index (χ3n) is 15.1. The molecule has 5 N–H and O–H groups in total. The van der Waals surface area contributed by atoms with E-state index < -0.39 is 82.8 Å². The van der Waals surface area contributed by atoms with Crippen molar-refractivity contribution < 1.29 is 123 Å². The molecule has 0 fully saturated rings. The summed E-state index contributed by atoms with van der Waals surface area (Å²) in [5.74, 6) is -1.16. The van der Waals surface area contributed by atoms with Crippen LogP contribution in [-0.4, -0.2) is 242 Å². The number of allylic oxidation sites excluding steroid dienone is 4. The highest BCUT2D eigenvalue weighted by Crippen LogP contribution is 2.52. The molecule has 5 rings (SSSR count). The molecule has 1 atom stereocenters. The number of benzene rings is 4. The van der Waals surface area contributed by atoms with Gasteiger partial charge in [-0.05, 0) is 77.2 Å². The van der Waals surface area contributed by atoms with Crippen LogP contribution in [-0.2, 0) is 123 Å². The summed E-state index contributed by atoms with van der Waals surface area (Å²) in [6.07, 6.45) is 6.19. The summed E-state index contributed by atoms with van der Waals surface area (Å²) in [5, 5.41) is 4.20. The summed E-state index contributed by atoms with van der Waals surface area (Å²) in [5.41, 5.74) is 0.212.